The minimum Gasteiger partial charge on any atom is -0.376 e. The maximum atomic E-state index is 9.27. The van der Waals surface area contributed by atoms with Crippen LogP contribution in [0.3, 0.4) is 0 Å². The average molecular weight is 144 g/mol. The van der Waals surface area contributed by atoms with Crippen LogP contribution in [-0.4, -0.2) is 42.5 Å². The van der Waals surface area contributed by atoms with Crippen LogP contribution in [0.25, 0.3) is 0 Å². The van der Waals surface area contributed by atoms with Crippen molar-refractivity contribution in [2.75, 3.05) is 26.3 Å². The first-order valence-electron chi connectivity index (χ1n) is 3.63. The third-order valence-electron chi connectivity index (χ3n) is 1.66. The Bertz CT molecular complexity index is 95.6. The monoisotopic (exact) mass is 144 g/mol. The van der Waals surface area contributed by atoms with Crippen molar-refractivity contribution in [3.8, 4) is 0 Å². The standard InChI is InChI=1S/C7H14NO2/c1-2-3-8-4-5-10-6-7(8)9/h7,9H,1-6H2. The molecule has 1 aliphatic heterocycles. The van der Waals surface area contributed by atoms with E-state index in [9.17, 15) is 5.11 Å². The van der Waals surface area contributed by atoms with Crippen LogP contribution in [0.2, 0.25) is 0 Å². The molecule has 59 valence electrons. The van der Waals surface area contributed by atoms with Gasteiger partial charge in [-0.2, -0.15) is 0 Å². The van der Waals surface area contributed by atoms with Gasteiger partial charge in [-0.3, -0.25) is 4.90 Å². The summed E-state index contributed by atoms with van der Waals surface area (Å²) < 4.78 is 5.05. The minimum atomic E-state index is -0.407. The van der Waals surface area contributed by atoms with Gasteiger partial charge in [0.25, 0.3) is 0 Å². The van der Waals surface area contributed by atoms with Gasteiger partial charge in [0.1, 0.15) is 6.23 Å². The lowest BCUT2D eigenvalue weighted by atomic mass is 10.3. The average Bonchev–Trinajstić information content (AvgIpc) is 1.94. The topological polar surface area (TPSA) is 32.7 Å². The minimum absolute atomic E-state index is 0.407. The van der Waals surface area contributed by atoms with Crippen LogP contribution in [0.5, 0.6) is 0 Å². The summed E-state index contributed by atoms with van der Waals surface area (Å²) in [5.41, 5.74) is 0. The molecule has 0 aromatic rings. The molecule has 0 aliphatic carbocycles. The van der Waals surface area contributed by atoms with E-state index in [-0.39, 0.29) is 0 Å². The van der Waals surface area contributed by atoms with Gasteiger partial charge >= 0.3 is 0 Å². The summed E-state index contributed by atoms with van der Waals surface area (Å²) in [5.74, 6) is 0. The number of aliphatic hydroxyl groups is 1. The summed E-state index contributed by atoms with van der Waals surface area (Å²) in [7, 11) is 0. The predicted octanol–water partition coefficient (Wildman–Crippen LogP) is -0.139. The van der Waals surface area contributed by atoms with E-state index in [0.29, 0.717) is 6.61 Å². The van der Waals surface area contributed by atoms with Gasteiger partial charge in [-0.25, -0.2) is 0 Å². The second-order valence-corrected chi connectivity index (χ2v) is 2.45. The maximum Gasteiger partial charge on any atom is 0.131 e. The molecule has 0 saturated carbocycles. The van der Waals surface area contributed by atoms with E-state index in [1.165, 1.54) is 0 Å². The lowest BCUT2D eigenvalue weighted by molar-refractivity contribution is -0.104. The summed E-state index contributed by atoms with van der Waals surface area (Å²) in [4.78, 5) is 1.98. The molecule has 0 amide bonds. The molecular formula is C7H14NO2. The van der Waals surface area contributed by atoms with Crippen LogP contribution in [0.4, 0.5) is 0 Å². The van der Waals surface area contributed by atoms with E-state index in [1.807, 2.05) is 4.90 Å². The molecule has 1 radical (unpaired) electrons. The first-order chi connectivity index (χ1) is 4.84. The van der Waals surface area contributed by atoms with E-state index < -0.39 is 6.23 Å². The fourth-order valence-corrected chi connectivity index (χ4v) is 1.09. The van der Waals surface area contributed by atoms with Crippen molar-refractivity contribution in [3.63, 3.8) is 0 Å². The van der Waals surface area contributed by atoms with Crippen molar-refractivity contribution in [2.45, 2.75) is 12.6 Å². The smallest absolute Gasteiger partial charge is 0.131 e. The van der Waals surface area contributed by atoms with E-state index in [1.54, 1.807) is 0 Å². The van der Waals surface area contributed by atoms with Crippen molar-refractivity contribution in [1.29, 1.82) is 0 Å². The molecule has 1 atom stereocenters. The van der Waals surface area contributed by atoms with Crippen molar-refractivity contribution in [2.24, 2.45) is 0 Å². The normalized spacial score (nSPS) is 28.8. The van der Waals surface area contributed by atoms with Crippen molar-refractivity contribution < 1.29 is 9.84 Å². The van der Waals surface area contributed by atoms with Crippen LogP contribution in [0, 0.1) is 6.92 Å². The van der Waals surface area contributed by atoms with Crippen LogP contribution < -0.4 is 0 Å². The number of aliphatic hydroxyl groups excluding tert-OH is 1. The molecule has 0 aromatic carbocycles. The molecule has 3 heteroatoms. The van der Waals surface area contributed by atoms with Gasteiger partial charge < -0.3 is 9.84 Å². The molecule has 1 unspecified atom stereocenters. The second kappa shape index (κ2) is 3.91. The fraction of sp³-hybridized carbons (Fsp3) is 0.857. The van der Waals surface area contributed by atoms with Crippen molar-refractivity contribution >= 4 is 0 Å². The van der Waals surface area contributed by atoms with E-state index in [4.69, 9.17) is 4.74 Å². The third-order valence-corrected chi connectivity index (χ3v) is 1.66. The molecule has 1 heterocycles. The van der Waals surface area contributed by atoms with Crippen LogP contribution in [0.1, 0.15) is 6.42 Å². The summed E-state index contributed by atoms with van der Waals surface area (Å²) in [6.45, 7) is 6.59. The summed E-state index contributed by atoms with van der Waals surface area (Å²) in [5, 5.41) is 9.27. The molecule has 1 fully saturated rings. The Morgan fingerprint density at radius 2 is 2.50 bits per heavy atom. The molecule has 1 saturated heterocycles. The zero-order valence-corrected chi connectivity index (χ0v) is 6.12. The zero-order chi connectivity index (χ0) is 7.40. The summed E-state index contributed by atoms with van der Waals surface area (Å²) in [6, 6.07) is 0. The predicted molar refractivity (Wildman–Crippen MR) is 38.4 cm³/mol. The Hall–Kier alpha value is -0.120. The van der Waals surface area contributed by atoms with Gasteiger partial charge in [0.05, 0.1) is 13.2 Å². The molecule has 0 bridgehead atoms. The van der Waals surface area contributed by atoms with Gasteiger partial charge in [0.2, 0.25) is 0 Å². The Balaban J connectivity index is 2.25. The third kappa shape index (κ3) is 1.94. The van der Waals surface area contributed by atoms with Crippen LogP contribution >= 0.6 is 0 Å². The number of rotatable bonds is 2. The number of morpholine rings is 1. The van der Waals surface area contributed by atoms with E-state index >= 15 is 0 Å². The zero-order valence-electron chi connectivity index (χ0n) is 6.12. The lowest BCUT2D eigenvalue weighted by Gasteiger charge is -2.31. The molecule has 1 N–H and O–H groups in total. The number of ether oxygens (including phenoxy) is 1. The highest BCUT2D eigenvalue weighted by atomic mass is 16.5. The van der Waals surface area contributed by atoms with Crippen LogP contribution in [-0.2, 0) is 4.74 Å². The molecular weight excluding hydrogens is 130 g/mol. The van der Waals surface area contributed by atoms with Crippen molar-refractivity contribution in [3.05, 3.63) is 6.92 Å². The van der Waals surface area contributed by atoms with Gasteiger partial charge in [0, 0.05) is 13.1 Å². The first-order valence-corrected chi connectivity index (χ1v) is 3.63. The highest BCUT2D eigenvalue weighted by molar-refractivity contribution is 4.65. The highest BCUT2D eigenvalue weighted by Crippen LogP contribution is 2.03. The van der Waals surface area contributed by atoms with Crippen molar-refractivity contribution in [1.82, 2.24) is 4.90 Å². The Kier molecular flexibility index (Phi) is 3.12. The molecule has 0 spiro atoms. The summed E-state index contributed by atoms with van der Waals surface area (Å²) in [6.07, 6.45) is 0.437. The molecule has 1 aliphatic rings. The Morgan fingerprint density at radius 3 is 3.10 bits per heavy atom. The van der Waals surface area contributed by atoms with Gasteiger partial charge in [-0.1, -0.05) is 6.92 Å². The molecule has 1 rings (SSSR count). The van der Waals surface area contributed by atoms with Crippen LogP contribution in [0.15, 0.2) is 0 Å². The van der Waals surface area contributed by atoms with Gasteiger partial charge in [0.15, 0.2) is 0 Å². The van der Waals surface area contributed by atoms with Gasteiger partial charge in [-0.05, 0) is 6.42 Å². The first kappa shape index (κ1) is 7.98. The van der Waals surface area contributed by atoms with E-state index in [2.05, 4.69) is 6.92 Å². The van der Waals surface area contributed by atoms with Gasteiger partial charge in [-0.15, -0.1) is 0 Å². The fourth-order valence-electron chi connectivity index (χ4n) is 1.09. The molecule has 10 heavy (non-hydrogen) atoms. The molecule has 0 aromatic heterocycles. The number of hydrogen-bond donors (Lipinski definition) is 1. The van der Waals surface area contributed by atoms with E-state index in [0.717, 1.165) is 26.1 Å². The number of nitrogens with zero attached hydrogens (tertiary/aromatic N) is 1. The number of hydrogen-bond acceptors (Lipinski definition) is 3. The quantitative estimate of drug-likeness (QED) is 0.585. The second-order valence-electron chi connectivity index (χ2n) is 2.45. The summed E-state index contributed by atoms with van der Waals surface area (Å²) >= 11 is 0. The highest BCUT2D eigenvalue weighted by Gasteiger charge is 2.18. The Labute approximate surface area is 61.6 Å². The maximum absolute atomic E-state index is 9.27. The lowest BCUT2D eigenvalue weighted by Crippen LogP contribution is -2.45. The molecule has 3 nitrogen and oxygen atoms in total. The Morgan fingerprint density at radius 1 is 1.70 bits per heavy atom. The largest absolute Gasteiger partial charge is 0.376 e. The SMILES string of the molecule is [CH2]CCN1CCOCC1O.